The highest BCUT2D eigenvalue weighted by Gasteiger charge is 2.68. The lowest BCUT2D eigenvalue weighted by Crippen LogP contribution is -2.63. The van der Waals surface area contributed by atoms with Crippen molar-refractivity contribution in [2.24, 2.45) is 34.0 Å². The molecule has 37 heavy (non-hydrogen) atoms. The van der Waals surface area contributed by atoms with Gasteiger partial charge in [-0.05, 0) is 42.9 Å². The third kappa shape index (κ3) is 4.09. The lowest BCUT2D eigenvalue weighted by molar-refractivity contribution is -0.930. The maximum Gasteiger partial charge on any atom is 0.316 e. The van der Waals surface area contributed by atoms with Crippen LogP contribution < -0.4 is 0 Å². The van der Waals surface area contributed by atoms with E-state index in [2.05, 4.69) is 48.4 Å². The van der Waals surface area contributed by atoms with Gasteiger partial charge in [0.05, 0.1) is 38.0 Å². The third-order valence-corrected chi connectivity index (χ3v) is 14.1. The number of fused-ring (bicyclic) bond motifs is 2. The fourth-order valence-electron chi connectivity index (χ4n) is 9.85. The minimum atomic E-state index is -0.619. The molecule has 3 aliphatic carbocycles. The molecule has 5 aliphatic rings. The Balaban J connectivity index is 1.38. The van der Waals surface area contributed by atoms with E-state index in [1.165, 1.54) is 25.7 Å². The Morgan fingerprint density at radius 3 is 2.43 bits per heavy atom. The summed E-state index contributed by atoms with van der Waals surface area (Å²) >= 11 is 1.78. The zero-order valence-electron chi connectivity index (χ0n) is 24.0. The van der Waals surface area contributed by atoms with Crippen molar-refractivity contribution in [2.45, 2.75) is 115 Å². The summed E-state index contributed by atoms with van der Waals surface area (Å²) < 4.78 is 7.58. The number of aliphatic hydroxyl groups is 1. The molecule has 0 radical (unpaired) electrons. The smallest absolute Gasteiger partial charge is 0.316 e. The van der Waals surface area contributed by atoms with E-state index in [-0.39, 0.29) is 29.1 Å². The summed E-state index contributed by atoms with van der Waals surface area (Å²) in [6.45, 7) is 12.8. The number of thioether (sulfide) groups is 1. The fourth-order valence-corrected chi connectivity index (χ4v) is 11.0. The van der Waals surface area contributed by atoms with Gasteiger partial charge in [-0.3, -0.25) is 9.59 Å². The second-order valence-electron chi connectivity index (χ2n) is 14.5. The molecule has 6 heteroatoms. The predicted octanol–water partition coefficient (Wildman–Crippen LogP) is 5.40. The Morgan fingerprint density at radius 2 is 1.81 bits per heavy atom. The Morgan fingerprint density at radius 1 is 1.16 bits per heavy atom. The van der Waals surface area contributed by atoms with Crippen molar-refractivity contribution in [1.29, 1.82) is 0 Å². The van der Waals surface area contributed by atoms with Crippen LogP contribution in [0.2, 0.25) is 0 Å². The van der Waals surface area contributed by atoms with Crippen molar-refractivity contribution in [1.82, 2.24) is 0 Å². The second kappa shape index (κ2) is 9.37. The summed E-state index contributed by atoms with van der Waals surface area (Å²) in [4.78, 5) is 27.0. The highest BCUT2D eigenvalue weighted by Crippen LogP contribution is 2.68. The Kier molecular flexibility index (Phi) is 7.02. The van der Waals surface area contributed by atoms with Gasteiger partial charge in [-0.2, -0.15) is 0 Å². The van der Waals surface area contributed by atoms with Crippen LogP contribution in [-0.2, 0) is 14.3 Å². The Labute approximate surface area is 228 Å². The van der Waals surface area contributed by atoms with E-state index < -0.39 is 23.0 Å². The van der Waals surface area contributed by atoms with Crippen LogP contribution in [0.1, 0.15) is 85.5 Å². The number of ether oxygens (including phenoxy) is 1. The molecule has 3 saturated carbocycles. The van der Waals surface area contributed by atoms with E-state index in [0.717, 1.165) is 23.7 Å². The van der Waals surface area contributed by atoms with E-state index in [0.29, 0.717) is 41.7 Å². The van der Waals surface area contributed by atoms with Crippen molar-refractivity contribution < 1.29 is 23.9 Å². The van der Waals surface area contributed by atoms with E-state index in [1.807, 2.05) is 6.08 Å². The van der Waals surface area contributed by atoms with Crippen molar-refractivity contribution in [3.63, 3.8) is 0 Å². The van der Waals surface area contributed by atoms with Crippen molar-refractivity contribution in [3.8, 4) is 0 Å². The number of esters is 1. The first-order valence-corrected chi connectivity index (χ1v) is 15.8. The molecule has 0 aromatic carbocycles. The van der Waals surface area contributed by atoms with Crippen molar-refractivity contribution in [2.75, 3.05) is 19.8 Å². The molecule has 10 atom stereocenters. The average molecular weight is 533 g/mol. The summed E-state index contributed by atoms with van der Waals surface area (Å²) in [6.07, 6.45) is 9.68. The number of aliphatic hydroxyl groups excluding tert-OH is 1. The molecule has 0 aromatic rings. The van der Waals surface area contributed by atoms with Gasteiger partial charge in [-0.1, -0.05) is 33.8 Å². The minimum absolute atomic E-state index is 0.00435. The molecule has 208 valence electrons. The number of nitrogens with zero attached hydrogens (tertiary/aromatic N) is 1. The number of Topliss-reactive ketones (excluding diaryl/α,β-unsaturated/α-hetero) is 1. The van der Waals surface area contributed by atoms with Gasteiger partial charge in [0.15, 0.2) is 0 Å². The number of rotatable bonds is 5. The van der Waals surface area contributed by atoms with Gasteiger partial charge in [0, 0.05) is 54.1 Å². The number of carbonyl (C=O) groups excluding carboxylic acids is 2. The number of hydrogen-bond acceptors (Lipinski definition) is 5. The molecule has 5 nitrogen and oxygen atoms in total. The zero-order chi connectivity index (χ0) is 27.0. The Hall–Kier alpha value is -0.850. The SMILES string of the molecule is C=C[C@]1(C)C[C@@H](OC(=O)CSC2CC3CCC(C2)[N+]3(C)C)[C@]2(C)C(C)CCC3(CCC(=O)[C@H]32)[C@@H](C)[C@@H]1O. The summed E-state index contributed by atoms with van der Waals surface area (Å²) in [5.41, 5.74) is -1.24. The lowest BCUT2D eigenvalue weighted by atomic mass is 9.44. The molecule has 2 saturated heterocycles. The summed E-state index contributed by atoms with van der Waals surface area (Å²) in [6, 6.07) is 1.41. The van der Waals surface area contributed by atoms with E-state index in [9.17, 15) is 14.7 Å². The highest BCUT2D eigenvalue weighted by molar-refractivity contribution is 8.00. The molecule has 5 rings (SSSR count). The van der Waals surface area contributed by atoms with Crippen LogP contribution in [0.4, 0.5) is 0 Å². The van der Waals surface area contributed by atoms with Crippen LogP contribution in [0.3, 0.4) is 0 Å². The first-order valence-electron chi connectivity index (χ1n) is 14.8. The minimum Gasteiger partial charge on any atom is -0.461 e. The monoisotopic (exact) mass is 532 g/mol. The van der Waals surface area contributed by atoms with E-state index >= 15 is 0 Å². The molecule has 2 aliphatic heterocycles. The Bertz CT molecular complexity index is 935. The van der Waals surface area contributed by atoms with Crippen LogP contribution in [0.15, 0.2) is 12.7 Å². The molecule has 4 bridgehead atoms. The van der Waals surface area contributed by atoms with E-state index in [4.69, 9.17) is 4.74 Å². The summed E-state index contributed by atoms with van der Waals surface area (Å²) in [5.74, 6) is 0.614. The number of piperidine rings is 1. The zero-order valence-corrected chi connectivity index (χ0v) is 24.8. The third-order valence-electron chi connectivity index (χ3n) is 12.8. The quantitative estimate of drug-likeness (QED) is 0.292. The van der Waals surface area contributed by atoms with Crippen molar-refractivity contribution in [3.05, 3.63) is 12.7 Å². The van der Waals surface area contributed by atoms with Crippen molar-refractivity contribution >= 4 is 23.5 Å². The topological polar surface area (TPSA) is 63.6 Å². The molecule has 0 spiro atoms. The number of hydrogen-bond donors (Lipinski definition) is 1. The van der Waals surface area contributed by atoms with Gasteiger partial charge in [0.1, 0.15) is 11.9 Å². The van der Waals surface area contributed by atoms with Crippen LogP contribution in [0.5, 0.6) is 0 Å². The maximum absolute atomic E-state index is 13.6. The predicted molar refractivity (Wildman–Crippen MR) is 149 cm³/mol. The van der Waals surface area contributed by atoms with Crippen LogP contribution in [-0.4, -0.2) is 70.7 Å². The average Bonchev–Trinajstić information content (AvgIpc) is 3.23. The highest BCUT2D eigenvalue weighted by atomic mass is 32.2. The fraction of sp³-hybridized carbons (Fsp3) is 0.871. The lowest BCUT2D eigenvalue weighted by Gasteiger charge is -2.61. The summed E-state index contributed by atoms with van der Waals surface area (Å²) in [7, 11) is 4.74. The molecule has 2 heterocycles. The maximum atomic E-state index is 13.6. The first kappa shape index (κ1) is 27.7. The molecule has 4 unspecified atom stereocenters. The molecule has 5 fully saturated rings. The molecular formula is C31H50NO4S+. The molecular weight excluding hydrogens is 482 g/mol. The molecule has 1 N–H and O–H groups in total. The van der Waals surface area contributed by atoms with Crippen LogP contribution in [0, 0.1) is 34.0 Å². The van der Waals surface area contributed by atoms with Crippen LogP contribution in [0.25, 0.3) is 0 Å². The van der Waals surface area contributed by atoms with Crippen LogP contribution >= 0.6 is 11.8 Å². The van der Waals surface area contributed by atoms with Gasteiger partial charge in [-0.15, -0.1) is 18.3 Å². The second-order valence-corrected chi connectivity index (χ2v) is 15.8. The number of carbonyl (C=O) groups is 2. The van der Waals surface area contributed by atoms with Gasteiger partial charge >= 0.3 is 5.97 Å². The number of ketones is 1. The normalized spacial score (nSPS) is 50.6. The molecule has 0 amide bonds. The van der Waals surface area contributed by atoms with Gasteiger partial charge < -0.3 is 14.3 Å². The van der Waals surface area contributed by atoms with E-state index in [1.54, 1.807) is 11.8 Å². The first-order chi connectivity index (χ1) is 17.3. The number of quaternary nitrogens is 1. The van der Waals surface area contributed by atoms with Gasteiger partial charge in [0.25, 0.3) is 0 Å². The molecule has 0 aromatic heterocycles. The summed E-state index contributed by atoms with van der Waals surface area (Å²) in [5, 5.41) is 12.2. The standard InChI is InChI=1S/C31H50NO4S/c1-8-29(4)17-25(36-26(34)18-37-23-15-21-9-10-22(16-23)32(21,6)7)30(5)19(2)11-13-31(20(3)28(29)35)14-12-24(33)27(30)31/h8,19-23,25,27-28,35H,1,9-18H2,2-7H3/q+1/t19?,20-,21?,22?,23?,25+,27-,28-,29+,30-,31?/m0/s1. The largest absolute Gasteiger partial charge is 0.461 e. The van der Waals surface area contributed by atoms with Gasteiger partial charge in [-0.25, -0.2) is 0 Å². The van der Waals surface area contributed by atoms with Gasteiger partial charge in [0.2, 0.25) is 0 Å².